The number of aliphatic hydroxyl groups excluding tert-OH is 1. The van der Waals surface area contributed by atoms with E-state index in [4.69, 9.17) is 0 Å². The summed E-state index contributed by atoms with van der Waals surface area (Å²) in [5.74, 6) is -0.434. The molecule has 3 N–H and O–H groups in total. The first kappa shape index (κ1) is 18.8. The van der Waals surface area contributed by atoms with Crippen molar-refractivity contribution in [3.63, 3.8) is 0 Å². The summed E-state index contributed by atoms with van der Waals surface area (Å²) in [5, 5.41) is 14.7. The van der Waals surface area contributed by atoms with Gasteiger partial charge in [0, 0.05) is 13.1 Å². The predicted molar refractivity (Wildman–Crippen MR) is 94.1 cm³/mol. The van der Waals surface area contributed by atoms with Gasteiger partial charge in [0.05, 0.1) is 22.2 Å². The Kier molecular flexibility index (Phi) is 6.28. The van der Waals surface area contributed by atoms with Crippen LogP contribution in [0.1, 0.15) is 11.3 Å². The van der Waals surface area contributed by atoms with E-state index in [1.807, 2.05) is 36.7 Å². The number of alkyl halides is 1. The summed E-state index contributed by atoms with van der Waals surface area (Å²) < 4.78 is 13.6. The molecule has 1 aromatic heterocycles. The highest BCUT2D eigenvalue weighted by molar-refractivity contribution is 7.13. The van der Waals surface area contributed by atoms with Crippen molar-refractivity contribution in [2.24, 2.45) is 0 Å². The van der Waals surface area contributed by atoms with Gasteiger partial charge in [-0.3, -0.25) is 4.79 Å². The highest BCUT2D eigenvalue weighted by atomic mass is 35.5. The summed E-state index contributed by atoms with van der Waals surface area (Å²) in [7, 11) is 0. The number of β-amino-alcohol motifs (C(OH)–C–C–N with tert-alkyl or cyclic N) is 1. The van der Waals surface area contributed by atoms with Crippen LogP contribution in [0.25, 0.3) is 10.4 Å². The van der Waals surface area contributed by atoms with E-state index in [-0.39, 0.29) is 19.0 Å². The molecule has 1 amide bonds. The Balaban J connectivity index is 0.00000208. The molecule has 130 valence electrons. The molecule has 1 aliphatic heterocycles. The van der Waals surface area contributed by atoms with E-state index >= 15 is 0 Å². The molecule has 2 aromatic rings. The van der Waals surface area contributed by atoms with Gasteiger partial charge in [-0.1, -0.05) is 24.3 Å². The average Bonchev–Trinajstić information content (AvgIpc) is 3.12. The second-order valence-corrected chi connectivity index (χ2v) is 6.43. The van der Waals surface area contributed by atoms with Crippen molar-refractivity contribution in [2.45, 2.75) is 31.8 Å². The number of nitrogens with one attached hydrogen (secondary N) is 2. The van der Waals surface area contributed by atoms with E-state index in [0.29, 0.717) is 6.54 Å². The van der Waals surface area contributed by atoms with Gasteiger partial charge in [0.1, 0.15) is 6.04 Å². The highest BCUT2D eigenvalue weighted by Crippen LogP contribution is 2.27. The lowest BCUT2D eigenvalue weighted by Gasteiger charge is -2.14. The molecule has 5 nitrogen and oxygen atoms in total. The smallest absolute Gasteiger partial charge is 0.240 e. The van der Waals surface area contributed by atoms with E-state index in [2.05, 4.69) is 15.6 Å². The molecule has 1 saturated heterocycles. The van der Waals surface area contributed by atoms with E-state index in [1.165, 1.54) is 0 Å². The van der Waals surface area contributed by atoms with Crippen LogP contribution in [0.5, 0.6) is 0 Å². The van der Waals surface area contributed by atoms with Gasteiger partial charge in [0.25, 0.3) is 0 Å². The molecule has 1 aliphatic rings. The van der Waals surface area contributed by atoms with Crippen molar-refractivity contribution >= 4 is 29.7 Å². The Morgan fingerprint density at radius 3 is 2.71 bits per heavy atom. The number of amides is 1. The number of benzene rings is 1. The van der Waals surface area contributed by atoms with Gasteiger partial charge in [-0.2, -0.15) is 0 Å². The van der Waals surface area contributed by atoms with Gasteiger partial charge >= 0.3 is 0 Å². The Morgan fingerprint density at radius 1 is 1.46 bits per heavy atom. The van der Waals surface area contributed by atoms with Gasteiger partial charge in [0.2, 0.25) is 5.91 Å². The quantitative estimate of drug-likeness (QED) is 0.766. The fourth-order valence-electron chi connectivity index (χ4n) is 2.58. The molecule has 0 spiro atoms. The summed E-state index contributed by atoms with van der Waals surface area (Å²) in [4.78, 5) is 17.3. The number of thiazole rings is 1. The molecule has 0 aliphatic carbocycles. The number of carbonyl (C=O) groups is 1. The van der Waals surface area contributed by atoms with Crippen LogP contribution >= 0.6 is 23.7 Å². The largest absolute Gasteiger partial charge is 0.389 e. The molecule has 2 unspecified atom stereocenters. The summed E-state index contributed by atoms with van der Waals surface area (Å²) in [6.07, 6.45) is -2.68. The normalized spacial score (nSPS) is 22.9. The van der Waals surface area contributed by atoms with Gasteiger partial charge < -0.3 is 15.7 Å². The number of halogens is 2. The van der Waals surface area contributed by atoms with Crippen LogP contribution in [0.3, 0.4) is 0 Å². The molecular weight excluding hydrogens is 353 g/mol. The standard InChI is InChI=1S/C16H18FN3O2S.ClH/c1-9-15(23-8-20-9)11-4-2-10(3-5-11)6-19-16(22)14-13(17)12(21)7-18-14;/h2-5,8,12-14,18,21H,6-7H2,1H3,(H,19,22);1H/t12?,13?,14-;/m1./s1. The van der Waals surface area contributed by atoms with E-state index in [1.54, 1.807) is 11.3 Å². The predicted octanol–water partition coefficient (Wildman–Crippen LogP) is 1.83. The Bertz CT molecular complexity index is 695. The zero-order valence-electron chi connectivity index (χ0n) is 13.0. The molecule has 1 fully saturated rings. The van der Waals surface area contributed by atoms with Crippen molar-refractivity contribution < 1.29 is 14.3 Å². The fourth-order valence-corrected chi connectivity index (χ4v) is 3.40. The fraction of sp³-hybridized carbons (Fsp3) is 0.375. The molecule has 0 saturated carbocycles. The number of rotatable bonds is 4. The van der Waals surface area contributed by atoms with Gasteiger partial charge in [-0.15, -0.1) is 23.7 Å². The van der Waals surface area contributed by atoms with Gasteiger partial charge in [-0.25, -0.2) is 9.37 Å². The zero-order valence-corrected chi connectivity index (χ0v) is 14.7. The molecule has 0 radical (unpaired) electrons. The summed E-state index contributed by atoms with van der Waals surface area (Å²) in [6.45, 7) is 2.39. The Labute approximate surface area is 149 Å². The minimum absolute atomic E-state index is 0. The lowest BCUT2D eigenvalue weighted by molar-refractivity contribution is -0.124. The minimum atomic E-state index is -1.56. The topological polar surface area (TPSA) is 74.2 Å². The molecule has 0 bridgehead atoms. The number of hydrogen-bond acceptors (Lipinski definition) is 5. The number of aryl methyl sites for hydroxylation is 1. The average molecular weight is 372 g/mol. The number of hydrogen-bond donors (Lipinski definition) is 3. The second-order valence-electron chi connectivity index (χ2n) is 5.58. The number of nitrogens with zero attached hydrogens (tertiary/aromatic N) is 1. The van der Waals surface area contributed by atoms with Gasteiger partial charge in [0.15, 0.2) is 6.17 Å². The maximum absolute atomic E-state index is 13.6. The summed E-state index contributed by atoms with van der Waals surface area (Å²) in [6, 6.07) is 6.84. The molecule has 3 atom stereocenters. The van der Waals surface area contributed by atoms with Crippen molar-refractivity contribution in [1.82, 2.24) is 15.6 Å². The van der Waals surface area contributed by atoms with Crippen molar-refractivity contribution in [1.29, 1.82) is 0 Å². The first-order valence-corrected chi connectivity index (χ1v) is 8.27. The van der Waals surface area contributed by atoms with Crippen LogP contribution in [-0.4, -0.2) is 40.9 Å². The molecule has 2 heterocycles. The zero-order chi connectivity index (χ0) is 16.4. The van der Waals surface area contributed by atoms with Crippen LogP contribution in [0.4, 0.5) is 4.39 Å². The van der Waals surface area contributed by atoms with E-state index in [9.17, 15) is 14.3 Å². The third kappa shape index (κ3) is 3.92. The van der Waals surface area contributed by atoms with E-state index in [0.717, 1.165) is 21.7 Å². The third-order valence-corrected chi connectivity index (χ3v) is 4.92. The molecular formula is C16H19ClFN3O2S. The molecule has 1 aromatic carbocycles. The van der Waals surface area contributed by atoms with Crippen LogP contribution in [-0.2, 0) is 11.3 Å². The number of aromatic nitrogens is 1. The molecule has 8 heteroatoms. The van der Waals surface area contributed by atoms with Crippen molar-refractivity contribution in [3.05, 3.63) is 41.0 Å². The van der Waals surface area contributed by atoms with Crippen LogP contribution in [0.2, 0.25) is 0 Å². The maximum Gasteiger partial charge on any atom is 0.240 e. The van der Waals surface area contributed by atoms with Crippen LogP contribution < -0.4 is 10.6 Å². The minimum Gasteiger partial charge on any atom is -0.389 e. The highest BCUT2D eigenvalue weighted by Gasteiger charge is 2.39. The monoisotopic (exact) mass is 371 g/mol. The SMILES string of the molecule is Cc1ncsc1-c1ccc(CNC(=O)[C@@H]2NCC(O)C2F)cc1.Cl. The number of carbonyl (C=O) groups excluding carboxylic acids is 1. The Morgan fingerprint density at radius 2 is 2.17 bits per heavy atom. The van der Waals surface area contributed by atoms with Crippen molar-refractivity contribution in [2.75, 3.05) is 6.54 Å². The third-order valence-electron chi connectivity index (χ3n) is 3.94. The first-order chi connectivity index (χ1) is 11.1. The number of aliphatic hydroxyl groups is 1. The lowest BCUT2D eigenvalue weighted by atomic mass is 10.1. The van der Waals surface area contributed by atoms with Crippen LogP contribution in [0.15, 0.2) is 29.8 Å². The summed E-state index contributed by atoms with van der Waals surface area (Å²) in [5.41, 5.74) is 4.83. The lowest BCUT2D eigenvalue weighted by Crippen LogP contribution is -2.45. The molecule has 3 rings (SSSR count). The Hall–Kier alpha value is -1.54. The maximum atomic E-state index is 13.6. The van der Waals surface area contributed by atoms with Crippen LogP contribution in [0, 0.1) is 6.92 Å². The van der Waals surface area contributed by atoms with Gasteiger partial charge in [-0.05, 0) is 18.1 Å². The second kappa shape index (κ2) is 8.02. The molecule has 24 heavy (non-hydrogen) atoms. The summed E-state index contributed by atoms with van der Waals surface area (Å²) >= 11 is 1.59. The first-order valence-electron chi connectivity index (χ1n) is 7.39. The van der Waals surface area contributed by atoms with E-state index < -0.39 is 24.2 Å². The van der Waals surface area contributed by atoms with Crippen molar-refractivity contribution in [3.8, 4) is 10.4 Å².